The summed E-state index contributed by atoms with van der Waals surface area (Å²) >= 11 is 0. The maximum absolute atomic E-state index is 8.98. The lowest BCUT2D eigenvalue weighted by Gasteiger charge is -2.31. The number of benzene rings is 1. The monoisotopic (exact) mass is 234 g/mol. The van der Waals surface area contributed by atoms with Gasteiger partial charge in [0, 0.05) is 37.4 Å². The van der Waals surface area contributed by atoms with Crippen molar-refractivity contribution in [3.8, 4) is 0 Å². The molecule has 1 aliphatic heterocycles. The van der Waals surface area contributed by atoms with Gasteiger partial charge >= 0.3 is 0 Å². The molecule has 1 heterocycles. The average molecular weight is 234 g/mol. The van der Waals surface area contributed by atoms with Gasteiger partial charge in [0.25, 0.3) is 0 Å². The summed E-state index contributed by atoms with van der Waals surface area (Å²) in [5.41, 5.74) is 2.93. The van der Waals surface area contributed by atoms with Gasteiger partial charge in [-0.3, -0.25) is 0 Å². The van der Waals surface area contributed by atoms with Crippen LogP contribution in [0, 0.1) is 0 Å². The Morgan fingerprint density at radius 3 is 3.00 bits per heavy atom. The van der Waals surface area contributed by atoms with E-state index >= 15 is 0 Å². The van der Waals surface area contributed by atoms with Crippen molar-refractivity contribution in [2.75, 3.05) is 31.2 Å². The second kappa shape index (κ2) is 5.68. The highest BCUT2D eigenvalue weighted by Crippen LogP contribution is 2.26. The molecule has 17 heavy (non-hydrogen) atoms. The van der Waals surface area contributed by atoms with Gasteiger partial charge in [-0.25, -0.2) is 0 Å². The van der Waals surface area contributed by atoms with E-state index in [-0.39, 0.29) is 0 Å². The van der Waals surface area contributed by atoms with Crippen LogP contribution in [0.25, 0.3) is 0 Å². The van der Waals surface area contributed by atoms with Gasteiger partial charge < -0.3 is 14.8 Å². The summed E-state index contributed by atoms with van der Waals surface area (Å²) in [6.07, 6.45) is 0.777. The minimum absolute atomic E-state index is 0.733. The number of oxime groups is 1. The molecule has 0 saturated carbocycles. The predicted molar refractivity (Wildman–Crippen MR) is 68.1 cm³/mol. The van der Waals surface area contributed by atoms with Crippen LogP contribution in [0.4, 0.5) is 5.69 Å². The average Bonchev–Trinajstić information content (AvgIpc) is 2.39. The molecule has 1 aromatic carbocycles. The molecule has 1 N–H and O–H groups in total. The first-order valence-electron chi connectivity index (χ1n) is 6.00. The van der Waals surface area contributed by atoms with Gasteiger partial charge in [-0.2, -0.15) is 0 Å². The van der Waals surface area contributed by atoms with Crippen LogP contribution in [0.2, 0.25) is 0 Å². The summed E-state index contributed by atoms with van der Waals surface area (Å²) in [7, 11) is 0. The van der Waals surface area contributed by atoms with Crippen LogP contribution in [-0.2, 0) is 4.74 Å². The van der Waals surface area contributed by atoms with E-state index in [9.17, 15) is 0 Å². The van der Waals surface area contributed by atoms with Crippen LogP contribution in [0.15, 0.2) is 29.4 Å². The molecular weight excluding hydrogens is 216 g/mol. The van der Waals surface area contributed by atoms with E-state index in [2.05, 4.69) is 16.1 Å². The van der Waals surface area contributed by atoms with Gasteiger partial charge in [-0.1, -0.05) is 23.4 Å². The van der Waals surface area contributed by atoms with Crippen molar-refractivity contribution < 1.29 is 9.94 Å². The molecule has 0 aliphatic carbocycles. The quantitative estimate of drug-likeness (QED) is 0.493. The summed E-state index contributed by atoms with van der Waals surface area (Å²) in [6.45, 7) is 5.24. The Kier molecular flexibility index (Phi) is 3.98. The Bertz CT molecular complexity index is 404. The van der Waals surface area contributed by atoms with E-state index < -0.39 is 0 Å². The molecule has 0 radical (unpaired) electrons. The molecule has 0 fully saturated rings. The topological polar surface area (TPSA) is 45.1 Å². The van der Waals surface area contributed by atoms with Crippen molar-refractivity contribution in [3.05, 3.63) is 29.8 Å². The Hall–Kier alpha value is -1.55. The first-order chi connectivity index (χ1) is 8.36. The van der Waals surface area contributed by atoms with E-state index in [0.29, 0.717) is 0 Å². The van der Waals surface area contributed by atoms with Crippen LogP contribution in [0.3, 0.4) is 0 Å². The van der Waals surface area contributed by atoms with Gasteiger partial charge in [0.1, 0.15) is 0 Å². The van der Waals surface area contributed by atoms with Crippen molar-refractivity contribution in [1.82, 2.24) is 0 Å². The lowest BCUT2D eigenvalue weighted by atomic mass is 10.00. The van der Waals surface area contributed by atoms with E-state index in [0.717, 1.165) is 49.7 Å². The summed E-state index contributed by atoms with van der Waals surface area (Å²) in [4.78, 5) is 2.28. The third-order valence-corrected chi connectivity index (χ3v) is 3.00. The number of fused-ring (bicyclic) bond motifs is 1. The molecule has 0 aromatic heterocycles. The fourth-order valence-corrected chi connectivity index (χ4v) is 2.14. The van der Waals surface area contributed by atoms with E-state index in [1.54, 1.807) is 0 Å². The number of hydrogen-bond acceptors (Lipinski definition) is 4. The van der Waals surface area contributed by atoms with Gasteiger partial charge in [0.2, 0.25) is 0 Å². The Labute approximate surface area is 101 Å². The SMILES string of the molecule is CCOCCN1CCC(=NO)c2ccccc21. The molecule has 1 aliphatic rings. The van der Waals surface area contributed by atoms with Gasteiger partial charge in [0.15, 0.2) is 0 Å². The smallest absolute Gasteiger partial charge is 0.0906 e. The third-order valence-electron chi connectivity index (χ3n) is 3.00. The van der Waals surface area contributed by atoms with Crippen LogP contribution in [-0.4, -0.2) is 37.2 Å². The number of anilines is 1. The first-order valence-corrected chi connectivity index (χ1v) is 6.00. The zero-order valence-electron chi connectivity index (χ0n) is 10.1. The Balaban J connectivity index is 2.16. The number of rotatable bonds is 4. The van der Waals surface area contributed by atoms with Crippen molar-refractivity contribution in [2.45, 2.75) is 13.3 Å². The second-order valence-corrected chi connectivity index (χ2v) is 4.00. The molecule has 4 heteroatoms. The Morgan fingerprint density at radius 1 is 1.41 bits per heavy atom. The van der Waals surface area contributed by atoms with Gasteiger partial charge in [-0.05, 0) is 13.0 Å². The first kappa shape index (κ1) is 11.9. The van der Waals surface area contributed by atoms with Crippen molar-refractivity contribution >= 4 is 11.4 Å². The molecular formula is C13H18N2O2. The Morgan fingerprint density at radius 2 is 2.24 bits per heavy atom. The van der Waals surface area contributed by atoms with Crippen LogP contribution < -0.4 is 4.90 Å². The number of nitrogens with zero attached hydrogens (tertiary/aromatic N) is 2. The van der Waals surface area contributed by atoms with Crippen molar-refractivity contribution in [1.29, 1.82) is 0 Å². The highest BCUT2D eigenvalue weighted by atomic mass is 16.5. The summed E-state index contributed by atoms with van der Waals surface area (Å²) in [5, 5.41) is 12.4. The highest BCUT2D eigenvalue weighted by molar-refractivity contribution is 6.06. The fourth-order valence-electron chi connectivity index (χ4n) is 2.14. The molecule has 0 saturated heterocycles. The second-order valence-electron chi connectivity index (χ2n) is 4.00. The summed E-state index contributed by atoms with van der Waals surface area (Å²) in [6, 6.07) is 8.03. The molecule has 4 nitrogen and oxygen atoms in total. The number of para-hydroxylation sites is 1. The highest BCUT2D eigenvalue weighted by Gasteiger charge is 2.21. The number of hydrogen-bond donors (Lipinski definition) is 1. The minimum Gasteiger partial charge on any atom is -0.411 e. The van der Waals surface area contributed by atoms with Crippen molar-refractivity contribution in [2.24, 2.45) is 5.16 Å². The predicted octanol–water partition coefficient (Wildman–Crippen LogP) is 2.11. The van der Waals surface area contributed by atoms with Gasteiger partial charge in [-0.15, -0.1) is 0 Å². The lowest BCUT2D eigenvalue weighted by molar-refractivity contribution is 0.154. The molecule has 0 bridgehead atoms. The minimum atomic E-state index is 0.733. The molecule has 0 unspecified atom stereocenters. The standard InChI is InChI=1S/C13H18N2O2/c1-2-17-10-9-15-8-7-12(14-16)11-5-3-4-6-13(11)15/h3-6,16H,2,7-10H2,1H3. The normalized spacial score (nSPS) is 17.2. The summed E-state index contributed by atoms with van der Waals surface area (Å²) < 4.78 is 5.38. The van der Waals surface area contributed by atoms with E-state index in [4.69, 9.17) is 9.94 Å². The van der Waals surface area contributed by atoms with E-state index in [1.807, 2.05) is 25.1 Å². The number of ether oxygens (including phenoxy) is 1. The zero-order valence-corrected chi connectivity index (χ0v) is 10.1. The summed E-state index contributed by atoms with van der Waals surface area (Å²) in [5.74, 6) is 0. The molecule has 0 amide bonds. The molecule has 0 atom stereocenters. The fraction of sp³-hybridized carbons (Fsp3) is 0.462. The maximum Gasteiger partial charge on any atom is 0.0906 e. The maximum atomic E-state index is 8.98. The third kappa shape index (κ3) is 2.58. The van der Waals surface area contributed by atoms with E-state index in [1.165, 1.54) is 0 Å². The molecule has 0 spiro atoms. The molecule has 1 aromatic rings. The molecule has 92 valence electrons. The molecule has 2 rings (SSSR count). The largest absolute Gasteiger partial charge is 0.411 e. The van der Waals surface area contributed by atoms with Gasteiger partial charge in [0.05, 0.1) is 12.3 Å². The van der Waals surface area contributed by atoms with Crippen LogP contribution >= 0.6 is 0 Å². The van der Waals surface area contributed by atoms with Crippen LogP contribution in [0.1, 0.15) is 18.9 Å². The lowest BCUT2D eigenvalue weighted by Crippen LogP contribution is -2.35. The zero-order chi connectivity index (χ0) is 12.1. The van der Waals surface area contributed by atoms with Crippen LogP contribution in [0.5, 0.6) is 0 Å². The van der Waals surface area contributed by atoms with Crippen molar-refractivity contribution in [3.63, 3.8) is 0 Å².